The standard InChI is InChI=1S/C19H23N5/c1-14(2)24-12-15(10-20-24)11-23-9-8-18-17(13-23)19(22-21-18)16-6-4-3-5-7-16/h3-7,10,12,14H,8-9,11,13H2,1-2H3,(H,21,22). The maximum Gasteiger partial charge on any atom is 0.0968 e. The van der Waals surface area contributed by atoms with Crippen molar-refractivity contribution in [1.82, 2.24) is 24.9 Å². The highest BCUT2D eigenvalue weighted by molar-refractivity contribution is 5.64. The number of aromatic amines is 1. The first-order valence-electron chi connectivity index (χ1n) is 8.57. The number of rotatable bonds is 4. The summed E-state index contributed by atoms with van der Waals surface area (Å²) in [5.74, 6) is 0. The van der Waals surface area contributed by atoms with Crippen LogP contribution in [-0.4, -0.2) is 31.4 Å². The molecule has 0 radical (unpaired) electrons. The molecule has 5 heteroatoms. The Morgan fingerprint density at radius 1 is 1.21 bits per heavy atom. The summed E-state index contributed by atoms with van der Waals surface area (Å²) in [6.07, 6.45) is 5.17. The van der Waals surface area contributed by atoms with Crippen molar-refractivity contribution in [3.8, 4) is 11.3 Å². The summed E-state index contributed by atoms with van der Waals surface area (Å²) in [6, 6.07) is 10.8. The molecule has 4 rings (SSSR count). The molecule has 0 unspecified atom stereocenters. The van der Waals surface area contributed by atoms with Crippen LogP contribution >= 0.6 is 0 Å². The van der Waals surface area contributed by atoms with Crippen LogP contribution in [0, 0.1) is 0 Å². The molecular formula is C19H23N5. The van der Waals surface area contributed by atoms with E-state index < -0.39 is 0 Å². The summed E-state index contributed by atoms with van der Waals surface area (Å²) in [4.78, 5) is 2.48. The third-order valence-corrected chi connectivity index (χ3v) is 4.65. The van der Waals surface area contributed by atoms with Gasteiger partial charge in [-0.05, 0) is 13.8 Å². The average Bonchev–Trinajstić information content (AvgIpc) is 3.22. The fourth-order valence-electron chi connectivity index (χ4n) is 3.32. The van der Waals surface area contributed by atoms with Gasteiger partial charge in [0.15, 0.2) is 0 Å². The predicted octanol–water partition coefficient (Wildman–Crippen LogP) is 3.41. The third kappa shape index (κ3) is 2.87. The summed E-state index contributed by atoms with van der Waals surface area (Å²) in [6.45, 7) is 7.23. The van der Waals surface area contributed by atoms with Crippen LogP contribution in [0.5, 0.6) is 0 Å². The van der Waals surface area contributed by atoms with Crippen LogP contribution in [0.1, 0.15) is 36.7 Å². The molecule has 2 aromatic heterocycles. The number of aromatic nitrogens is 4. The lowest BCUT2D eigenvalue weighted by atomic mass is 10.0. The number of nitrogens with zero attached hydrogens (tertiary/aromatic N) is 4. The number of fused-ring (bicyclic) bond motifs is 1. The highest BCUT2D eigenvalue weighted by Gasteiger charge is 2.23. The van der Waals surface area contributed by atoms with Gasteiger partial charge >= 0.3 is 0 Å². The summed E-state index contributed by atoms with van der Waals surface area (Å²) < 4.78 is 2.03. The molecule has 1 aliphatic rings. The third-order valence-electron chi connectivity index (χ3n) is 4.65. The minimum absolute atomic E-state index is 0.408. The molecule has 0 spiro atoms. The number of H-pyrrole nitrogens is 1. The Labute approximate surface area is 142 Å². The average molecular weight is 321 g/mol. The smallest absolute Gasteiger partial charge is 0.0968 e. The number of nitrogens with one attached hydrogen (secondary N) is 1. The number of hydrogen-bond acceptors (Lipinski definition) is 3. The molecule has 0 bridgehead atoms. The second-order valence-corrected chi connectivity index (χ2v) is 6.78. The molecule has 124 valence electrons. The largest absolute Gasteiger partial charge is 0.294 e. The van der Waals surface area contributed by atoms with E-state index in [1.807, 2.05) is 16.9 Å². The van der Waals surface area contributed by atoms with E-state index in [1.54, 1.807) is 0 Å². The van der Waals surface area contributed by atoms with E-state index in [0.717, 1.165) is 31.7 Å². The highest BCUT2D eigenvalue weighted by Crippen LogP contribution is 2.28. The molecule has 1 aromatic carbocycles. The first-order chi connectivity index (χ1) is 11.7. The van der Waals surface area contributed by atoms with Crippen LogP contribution in [0.3, 0.4) is 0 Å². The van der Waals surface area contributed by atoms with Crippen molar-refractivity contribution in [3.63, 3.8) is 0 Å². The molecule has 5 nitrogen and oxygen atoms in total. The monoisotopic (exact) mass is 321 g/mol. The molecule has 1 N–H and O–H groups in total. The molecule has 0 fully saturated rings. The van der Waals surface area contributed by atoms with Gasteiger partial charge in [-0.25, -0.2) is 0 Å². The lowest BCUT2D eigenvalue weighted by molar-refractivity contribution is 0.245. The normalized spacial score (nSPS) is 15.0. The van der Waals surface area contributed by atoms with E-state index in [0.29, 0.717) is 6.04 Å². The Kier molecular flexibility index (Phi) is 3.94. The van der Waals surface area contributed by atoms with Crippen LogP contribution in [-0.2, 0) is 19.5 Å². The molecule has 0 amide bonds. The van der Waals surface area contributed by atoms with Gasteiger partial charge in [0.05, 0.1) is 11.9 Å². The van der Waals surface area contributed by atoms with Gasteiger partial charge in [-0.1, -0.05) is 30.3 Å². The lowest BCUT2D eigenvalue weighted by Gasteiger charge is -2.26. The van der Waals surface area contributed by atoms with Crippen LogP contribution in [0.2, 0.25) is 0 Å². The fraction of sp³-hybridized carbons (Fsp3) is 0.368. The number of benzene rings is 1. The van der Waals surface area contributed by atoms with Crippen LogP contribution in [0.4, 0.5) is 0 Å². The quantitative estimate of drug-likeness (QED) is 0.801. The predicted molar refractivity (Wildman–Crippen MR) is 94.5 cm³/mol. The van der Waals surface area contributed by atoms with Gasteiger partial charge in [0, 0.05) is 60.7 Å². The topological polar surface area (TPSA) is 49.7 Å². The summed E-state index contributed by atoms with van der Waals surface area (Å²) in [5.41, 5.74) is 6.17. The van der Waals surface area contributed by atoms with E-state index in [1.165, 1.54) is 22.4 Å². The molecular weight excluding hydrogens is 298 g/mol. The number of hydrogen-bond donors (Lipinski definition) is 1. The molecule has 24 heavy (non-hydrogen) atoms. The van der Waals surface area contributed by atoms with Gasteiger partial charge in [-0.3, -0.25) is 14.7 Å². The molecule has 3 aromatic rings. The van der Waals surface area contributed by atoms with Gasteiger partial charge in [0.2, 0.25) is 0 Å². The van der Waals surface area contributed by atoms with Crippen molar-refractivity contribution in [1.29, 1.82) is 0 Å². The van der Waals surface area contributed by atoms with E-state index in [4.69, 9.17) is 0 Å². The molecule has 3 heterocycles. The van der Waals surface area contributed by atoms with Crippen molar-refractivity contribution in [3.05, 3.63) is 59.5 Å². The molecule has 0 aliphatic carbocycles. The van der Waals surface area contributed by atoms with Crippen LogP contribution < -0.4 is 0 Å². The Hall–Kier alpha value is -2.40. The SMILES string of the molecule is CC(C)n1cc(CN2CCc3[nH]nc(-c4ccccc4)c3C2)cn1. The molecule has 0 saturated carbocycles. The molecule has 0 saturated heterocycles. The van der Waals surface area contributed by atoms with Crippen LogP contribution in [0.15, 0.2) is 42.7 Å². The zero-order chi connectivity index (χ0) is 16.5. The van der Waals surface area contributed by atoms with E-state index in [2.05, 4.69) is 64.5 Å². The minimum atomic E-state index is 0.408. The van der Waals surface area contributed by atoms with E-state index in [9.17, 15) is 0 Å². The fourth-order valence-corrected chi connectivity index (χ4v) is 3.32. The lowest BCUT2D eigenvalue weighted by Crippen LogP contribution is -2.29. The van der Waals surface area contributed by atoms with Crippen molar-refractivity contribution in [2.45, 2.75) is 39.4 Å². The van der Waals surface area contributed by atoms with Crippen LogP contribution in [0.25, 0.3) is 11.3 Å². The Bertz CT molecular complexity index is 815. The van der Waals surface area contributed by atoms with Gasteiger partial charge in [-0.15, -0.1) is 0 Å². The Morgan fingerprint density at radius 2 is 2.04 bits per heavy atom. The van der Waals surface area contributed by atoms with Crippen molar-refractivity contribution < 1.29 is 0 Å². The van der Waals surface area contributed by atoms with Gasteiger partial charge in [0.1, 0.15) is 0 Å². The first kappa shape index (κ1) is 15.1. The maximum atomic E-state index is 4.57. The van der Waals surface area contributed by atoms with Crippen molar-refractivity contribution in [2.75, 3.05) is 6.54 Å². The van der Waals surface area contributed by atoms with Gasteiger partial charge < -0.3 is 0 Å². The van der Waals surface area contributed by atoms with Gasteiger partial charge in [0.25, 0.3) is 0 Å². The van der Waals surface area contributed by atoms with Gasteiger partial charge in [-0.2, -0.15) is 10.2 Å². The van der Waals surface area contributed by atoms with Crippen molar-refractivity contribution >= 4 is 0 Å². The maximum absolute atomic E-state index is 4.57. The zero-order valence-electron chi connectivity index (χ0n) is 14.2. The second-order valence-electron chi connectivity index (χ2n) is 6.78. The summed E-state index contributed by atoms with van der Waals surface area (Å²) in [7, 11) is 0. The Balaban J connectivity index is 1.54. The Morgan fingerprint density at radius 3 is 2.79 bits per heavy atom. The van der Waals surface area contributed by atoms with E-state index in [-0.39, 0.29) is 0 Å². The minimum Gasteiger partial charge on any atom is -0.294 e. The summed E-state index contributed by atoms with van der Waals surface area (Å²) in [5, 5.41) is 12.3. The molecule has 1 aliphatic heterocycles. The summed E-state index contributed by atoms with van der Waals surface area (Å²) >= 11 is 0. The first-order valence-corrected chi connectivity index (χ1v) is 8.57. The highest BCUT2D eigenvalue weighted by atomic mass is 15.3. The second kappa shape index (κ2) is 6.24. The zero-order valence-corrected chi connectivity index (χ0v) is 14.2. The molecule has 0 atom stereocenters. The van der Waals surface area contributed by atoms with E-state index >= 15 is 0 Å². The van der Waals surface area contributed by atoms with Crippen molar-refractivity contribution in [2.24, 2.45) is 0 Å².